The van der Waals surface area contributed by atoms with E-state index in [2.05, 4.69) is 0 Å². The number of aliphatic hydroxyl groups excluding tert-OH is 1. The van der Waals surface area contributed by atoms with Gasteiger partial charge in [-0.15, -0.1) is 0 Å². The van der Waals surface area contributed by atoms with Gasteiger partial charge in [0.1, 0.15) is 30.7 Å². The molecule has 4 rings (SSSR count). The highest BCUT2D eigenvalue weighted by atomic mass is 16.5. The summed E-state index contributed by atoms with van der Waals surface area (Å²) < 4.78 is 17.1. The molecule has 3 aromatic carbocycles. The Hall–Kier alpha value is -3.02. The number of hydrogen-bond donors (Lipinski definition) is 2. The van der Waals surface area contributed by atoms with E-state index in [-0.39, 0.29) is 13.0 Å². The summed E-state index contributed by atoms with van der Waals surface area (Å²) in [4.78, 5) is 0. The van der Waals surface area contributed by atoms with E-state index >= 15 is 0 Å². The third-order valence-electron chi connectivity index (χ3n) is 5.18. The first-order valence-corrected chi connectivity index (χ1v) is 9.55. The lowest BCUT2D eigenvalue weighted by atomic mass is 9.84. The molecule has 1 heterocycles. The fraction of sp³-hybridized carbons (Fsp3) is 0.250. The average Bonchev–Trinajstić information content (AvgIpc) is 2.76. The second kappa shape index (κ2) is 8.15. The zero-order valence-electron chi connectivity index (χ0n) is 16.2. The van der Waals surface area contributed by atoms with Crippen molar-refractivity contribution in [2.45, 2.75) is 24.7 Å². The highest BCUT2D eigenvalue weighted by Gasteiger charge is 2.42. The summed E-state index contributed by atoms with van der Waals surface area (Å²) in [7, 11) is 1.58. The minimum Gasteiger partial charge on any atom is -0.493 e. The third kappa shape index (κ3) is 4.06. The van der Waals surface area contributed by atoms with Crippen molar-refractivity contribution in [2.75, 3.05) is 13.7 Å². The maximum absolute atomic E-state index is 11.1. The molecule has 3 aromatic rings. The van der Waals surface area contributed by atoms with E-state index in [1.165, 1.54) is 0 Å². The second-order valence-electron chi connectivity index (χ2n) is 7.27. The first kappa shape index (κ1) is 19.3. The Morgan fingerprint density at radius 3 is 2.52 bits per heavy atom. The molecule has 0 saturated heterocycles. The first-order valence-electron chi connectivity index (χ1n) is 9.55. The Labute approximate surface area is 170 Å². The SMILES string of the molecule is COc1cc(CC2(O)COc3ccccc3C2O)ccc1OCc1ccccc1. The van der Waals surface area contributed by atoms with Crippen LogP contribution in [0.15, 0.2) is 72.8 Å². The second-order valence-corrected chi connectivity index (χ2v) is 7.27. The number of rotatable bonds is 6. The van der Waals surface area contributed by atoms with Gasteiger partial charge >= 0.3 is 0 Å². The normalized spacial score (nSPS) is 20.4. The van der Waals surface area contributed by atoms with Gasteiger partial charge < -0.3 is 24.4 Å². The Morgan fingerprint density at radius 1 is 0.966 bits per heavy atom. The molecule has 1 aliphatic rings. The molecule has 0 aromatic heterocycles. The zero-order chi connectivity index (χ0) is 20.3. The van der Waals surface area contributed by atoms with E-state index in [1.54, 1.807) is 19.2 Å². The van der Waals surface area contributed by atoms with Gasteiger partial charge in [-0.25, -0.2) is 0 Å². The quantitative estimate of drug-likeness (QED) is 0.670. The zero-order valence-corrected chi connectivity index (χ0v) is 16.2. The standard InChI is InChI=1S/C24H24O5/c1-27-22-13-18(11-12-21(22)28-15-17-7-3-2-4-8-17)14-24(26)16-29-20-10-6-5-9-19(20)23(24)25/h2-13,23,25-26H,14-16H2,1H3. The average molecular weight is 392 g/mol. The number of aliphatic hydroxyl groups is 2. The van der Waals surface area contributed by atoms with Crippen molar-refractivity contribution < 1.29 is 24.4 Å². The van der Waals surface area contributed by atoms with Crippen LogP contribution in [0.2, 0.25) is 0 Å². The Morgan fingerprint density at radius 2 is 1.72 bits per heavy atom. The predicted octanol–water partition coefficient (Wildman–Crippen LogP) is 3.67. The number of para-hydroxylation sites is 1. The minimum absolute atomic E-state index is 0.0136. The molecule has 2 unspecified atom stereocenters. The number of benzene rings is 3. The van der Waals surface area contributed by atoms with Gasteiger partial charge in [-0.1, -0.05) is 54.6 Å². The maximum Gasteiger partial charge on any atom is 0.161 e. The molecule has 2 atom stereocenters. The number of methoxy groups -OCH3 is 1. The Kier molecular flexibility index (Phi) is 5.43. The van der Waals surface area contributed by atoms with Crippen LogP contribution in [0.5, 0.6) is 17.2 Å². The fourth-order valence-corrected chi connectivity index (χ4v) is 3.59. The van der Waals surface area contributed by atoms with Crippen molar-refractivity contribution in [3.8, 4) is 17.2 Å². The molecular formula is C24H24O5. The van der Waals surface area contributed by atoms with Gasteiger partial charge in [0.25, 0.3) is 0 Å². The van der Waals surface area contributed by atoms with Crippen molar-refractivity contribution in [3.63, 3.8) is 0 Å². The summed E-state index contributed by atoms with van der Waals surface area (Å²) in [5, 5.41) is 21.8. The smallest absolute Gasteiger partial charge is 0.161 e. The number of fused-ring (bicyclic) bond motifs is 1. The summed E-state index contributed by atoms with van der Waals surface area (Å²) in [6, 6.07) is 22.6. The fourth-order valence-electron chi connectivity index (χ4n) is 3.59. The van der Waals surface area contributed by atoms with Crippen LogP contribution in [0.4, 0.5) is 0 Å². The molecule has 5 heteroatoms. The van der Waals surface area contributed by atoms with Gasteiger partial charge in [-0.05, 0) is 29.3 Å². The summed E-state index contributed by atoms with van der Waals surface area (Å²) >= 11 is 0. The molecule has 0 fully saturated rings. The Bertz CT molecular complexity index is 972. The van der Waals surface area contributed by atoms with Crippen LogP contribution >= 0.6 is 0 Å². The molecule has 5 nitrogen and oxygen atoms in total. The van der Waals surface area contributed by atoms with Gasteiger partial charge in [-0.2, -0.15) is 0 Å². The largest absolute Gasteiger partial charge is 0.493 e. The molecule has 0 saturated carbocycles. The van der Waals surface area contributed by atoms with Gasteiger partial charge in [-0.3, -0.25) is 0 Å². The summed E-state index contributed by atoms with van der Waals surface area (Å²) in [6.07, 6.45) is -0.815. The van der Waals surface area contributed by atoms with Crippen LogP contribution in [0, 0.1) is 0 Å². The molecule has 0 bridgehead atoms. The van der Waals surface area contributed by atoms with Gasteiger partial charge in [0.05, 0.1) is 7.11 Å². The summed E-state index contributed by atoms with van der Waals surface area (Å²) in [6.45, 7) is 0.448. The number of hydrogen-bond acceptors (Lipinski definition) is 5. The molecule has 2 N–H and O–H groups in total. The van der Waals surface area contributed by atoms with Gasteiger partial charge in [0.2, 0.25) is 0 Å². The van der Waals surface area contributed by atoms with Crippen molar-refractivity contribution >= 4 is 0 Å². The predicted molar refractivity (Wildman–Crippen MR) is 109 cm³/mol. The summed E-state index contributed by atoms with van der Waals surface area (Å²) in [5.74, 6) is 1.80. The Balaban J connectivity index is 1.50. The van der Waals surface area contributed by atoms with Crippen molar-refractivity contribution in [1.82, 2.24) is 0 Å². The minimum atomic E-state index is -1.42. The van der Waals surface area contributed by atoms with Gasteiger partial charge in [0.15, 0.2) is 11.5 Å². The molecule has 0 amide bonds. The van der Waals surface area contributed by atoms with Crippen molar-refractivity contribution in [1.29, 1.82) is 0 Å². The van der Waals surface area contributed by atoms with Crippen LogP contribution in [-0.4, -0.2) is 29.5 Å². The topological polar surface area (TPSA) is 68.2 Å². The molecule has 1 aliphatic heterocycles. The molecule has 150 valence electrons. The van der Waals surface area contributed by atoms with Crippen LogP contribution in [0.3, 0.4) is 0 Å². The van der Waals surface area contributed by atoms with E-state index < -0.39 is 11.7 Å². The third-order valence-corrected chi connectivity index (χ3v) is 5.18. The lowest BCUT2D eigenvalue weighted by Crippen LogP contribution is -2.47. The van der Waals surface area contributed by atoms with E-state index in [0.29, 0.717) is 29.4 Å². The van der Waals surface area contributed by atoms with E-state index in [0.717, 1.165) is 11.1 Å². The molecule has 29 heavy (non-hydrogen) atoms. The van der Waals surface area contributed by atoms with E-state index in [1.807, 2.05) is 60.7 Å². The van der Waals surface area contributed by atoms with Crippen LogP contribution in [0.1, 0.15) is 22.8 Å². The highest BCUT2D eigenvalue weighted by Crippen LogP contribution is 2.40. The van der Waals surface area contributed by atoms with Crippen LogP contribution < -0.4 is 14.2 Å². The first-order chi connectivity index (χ1) is 14.1. The summed E-state index contributed by atoms with van der Waals surface area (Å²) in [5.41, 5.74) is 1.05. The lowest BCUT2D eigenvalue weighted by molar-refractivity contribution is -0.114. The van der Waals surface area contributed by atoms with E-state index in [4.69, 9.17) is 14.2 Å². The van der Waals surface area contributed by atoms with Crippen LogP contribution in [0.25, 0.3) is 0 Å². The molecule has 0 radical (unpaired) electrons. The van der Waals surface area contributed by atoms with Crippen molar-refractivity contribution in [3.05, 3.63) is 89.5 Å². The van der Waals surface area contributed by atoms with Crippen molar-refractivity contribution in [2.24, 2.45) is 0 Å². The highest BCUT2D eigenvalue weighted by molar-refractivity contribution is 5.44. The molecule has 0 spiro atoms. The van der Waals surface area contributed by atoms with Crippen LogP contribution in [-0.2, 0) is 13.0 Å². The lowest BCUT2D eigenvalue weighted by Gasteiger charge is -2.38. The molecule has 0 aliphatic carbocycles. The molecular weight excluding hydrogens is 368 g/mol. The maximum atomic E-state index is 11.1. The van der Waals surface area contributed by atoms with E-state index in [9.17, 15) is 10.2 Å². The van der Waals surface area contributed by atoms with Gasteiger partial charge in [0, 0.05) is 12.0 Å². The number of ether oxygens (including phenoxy) is 3. The monoisotopic (exact) mass is 392 g/mol.